The maximum Gasteiger partial charge on any atom is 0.237 e. The number of hydrogen-bond donors (Lipinski definition) is 4. The molecule has 1 aliphatic heterocycles. The molecule has 0 amide bonds. The zero-order valence-electron chi connectivity index (χ0n) is 7.54. The second-order valence-electron chi connectivity index (χ2n) is 2.97. The van der Waals surface area contributed by atoms with Crippen LogP contribution in [0.1, 0.15) is 0 Å². The van der Waals surface area contributed by atoms with E-state index < -0.39 is 37.3 Å². The Morgan fingerprint density at radius 2 is 1.93 bits per heavy atom. The van der Waals surface area contributed by atoms with Gasteiger partial charge in [0.1, 0.15) is 29.7 Å². The standard InChI is InChI=1S/C6H11N3O6/c7-8-9-15-6-5(13)4(12)3(11)2(1-10)14-6/h2-6,10-13H,1H2/t2-,3-,4+,5+,6?/m1/s1. The summed E-state index contributed by atoms with van der Waals surface area (Å²) in [4.78, 5) is 6.61. The summed E-state index contributed by atoms with van der Waals surface area (Å²) < 4.78 is 4.84. The topological polar surface area (TPSA) is 148 Å². The Kier molecular flexibility index (Phi) is 4.09. The molecule has 4 N–H and O–H groups in total. The van der Waals surface area contributed by atoms with Crippen LogP contribution < -0.4 is 0 Å². The van der Waals surface area contributed by atoms with Gasteiger partial charge in [0.15, 0.2) is 0 Å². The van der Waals surface area contributed by atoms with Gasteiger partial charge in [0.05, 0.1) is 6.61 Å². The van der Waals surface area contributed by atoms with Crippen LogP contribution in [0.15, 0.2) is 5.28 Å². The minimum Gasteiger partial charge on any atom is -0.400 e. The first-order valence-corrected chi connectivity index (χ1v) is 4.12. The Balaban J connectivity index is 2.69. The molecule has 1 rings (SSSR count). The first-order valence-electron chi connectivity index (χ1n) is 4.12. The highest BCUT2D eigenvalue weighted by atomic mass is 16.8. The number of rotatable bonds is 3. The van der Waals surface area contributed by atoms with E-state index in [2.05, 4.69) is 15.0 Å². The lowest BCUT2D eigenvalue weighted by molar-refractivity contribution is -0.302. The summed E-state index contributed by atoms with van der Waals surface area (Å²) in [6.45, 7) is -0.568. The number of aliphatic hydroxyl groups excluding tert-OH is 4. The second kappa shape index (κ2) is 5.12. The van der Waals surface area contributed by atoms with Gasteiger partial charge in [-0.3, -0.25) is 0 Å². The highest BCUT2D eigenvalue weighted by Gasteiger charge is 2.44. The molecule has 5 atom stereocenters. The lowest BCUT2D eigenvalue weighted by atomic mass is 9.99. The lowest BCUT2D eigenvalue weighted by Crippen LogP contribution is -2.58. The summed E-state index contributed by atoms with van der Waals surface area (Å²) in [5, 5.41) is 39.4. The molecule has 0 saturated carbocycles. The zero-order valence-corrected chi connectivity index (χ0v) is 7.54. The predicted molar refractivity (Wildman–Crippen MR) is 44.0 cm³/mol. The van der Waals surface area contributed by atoms with Crippen LogP contribution in [0.3, 0.4) is 0 Å². The number of aliphatic hydroxyl groups is 4. The van der Waals surface area contributed by atoms with Gasteiger partial charge in [-0.1, -0.05) is 0 Å². The highest BCUT2D eigenvalue weighted by molar-refractivity contribution is 4.88. The van der Waals surface area contributed by atoms with Gasteiger partial charge in [-0.25, -0.2) is 0 Å². The number of nitrogens with zero attached hydrogens (tertiary/aromatic N) is 3. The molecule has 1 heterocycles. The largest absolute Gasteiger partial charge is 0.400 e. The molecule has 9 heteroatoms. The van der Waals surface area contributed by atoms with E-state index in [1.807, 2.05) is 0 Å². The number of azide groups is 1. The molecule has 0 aromatic carbocycles. The van der Waals surface area contributed by atoms with Crippen LogP contribution in [0.2, 0.25) is 0 Å². The minimum atomic E-state index is -1.56. The molecule has 86 valence electrons. The van der Waals surface area contributed by atoms with Crippen molar-refractivity contribution in [3.63, 3.8) is 0 Å². The van der Waals surface area contributed by atoms with Gasteiger partial charge in [0.2, 0.25) is 6.29 Å². The van der Waals surface area contributed by atoms with Crippen LogP contribution in [0.4, 0.5) is 0 Å². The molecule has 0 aromatic heterocycles. The van der Waals surface area contributed by atoms with Crippen molar-refractivity contribution in [3.8, 4) is 0 Å². The van der Waals surface area contributed by atoms with Gasteiger partial charge in [0, 0.05) is 4.91 Å². The molecular weight excluding hydrogens is 210 g/mol. The van der Waals surface area contributed by atoms with Crippen molar-refractivity contribution in [2.45, 2.75) is 30.7 Å². The van der Waals surface area contributed by atoms with Crippen LogP contribution in [-0.4, -0.2) is 57.7 Å². The summed E-state index contributed by atoms with van der Waals surface area (Å²) in [5.41, 5.74) is 7.96. The van der Waals surface area contributed by atoms with E-state index in [0.29, 0.717) is 0 Å². The van der Waals surface area contributed by atoms with Gasteiger partial charge < -0.3 is 30.0 Å². The molecule has 1 saturated heterocycles. The quantitative estimate of drug-likeness (QED) is 0.188. The van der Waals surface area contributed by atoms with E-state index in [0.717, 1.165) is 0 Å². The normalized spacial score (nSPS) is 40.7. The van der Waals surface area contributed by atoms with Gasteiger partial charge in [-0.05, 0) is 5.53 Å². The first kappa shape index (κ1) is 12.0. The highest BCUT2D eigenvalue weighted by Crippen LogP contribution is 2.21. The summed E-state index contributed by atoms with van der Waals surface area (Å²) in [5.74, 6) is 0. The van der Waals surface area contributed by atoms with E-state index in [1.54, 1.807) is 0 Å². The molecule has 0 spiro atoms. The number of ether oxygens (including phenoxy) is 1. The van der Waals surface area contributed by atoms with E-state index in [9.17, 15) is 15.3 Å². The van der Waals surface area contributed by atoms with Crippen LogP contribution in [0, 0.1) is 0 Å². The fourth-order valence-corrected chi connectivity index (χ4v) is 1.22. The molecule has 15 heavy (non-hydrogen) atoms. The fraction of sp³-hybridized carbons (Fsp3) is 1.00. The third-order valence-corrected chi connectivity index (χ3v) is 2.04. The van der Waals surface area contributed by atoms with Crippen molar-refractivity contribution in [1.82, 2.24) is 0 Å². The van der Waals surface area contributed by atoms with E-state index in [-0.39, 0.29) is 0 Å². The Morgan fingerprint density at radius 3 is 2.47 bits per heavy atom. The van der Waals surface area contributed by atoms with E-state index in [4.69, 9.17) is 15.4 Å². The monoisotopic (exact) mass is 221 g/mol. The molecule has 9 nitrogen and oxygen atoms in total. The van der Waals surface area contributed by atoms with Crippen molar-refractivity contribution in [2.24, 2.45) is 5.28 Å². The van der Waals surface area contributed by atoms with Gasteiger partial charge in [0.25, 0.3) is 0 Å². The molecule has 0 radical (unpaired) electrons. The van der Waals surface area contributed by atoms with Crippen LogP contribution in [0.5, 0.6) is 0 Å². The smallest absolute Gasteiger partial charge is 0.237 e. The van der Waals surface area contributed by atoms with Gasteiger partial charge >= 0.3 is 0 Å². The SMILES string of the molecule is [N-]=[N+]=NOC1O[C@H](CO)[C@@H](O)[C@H](O)[C@@H]1O. The van der Waals surface area contributed by atoms with Crippen molar-refractivity contribution >= 4 is 0 Å². The predicted octanol–water partition coefficient (Wildman–Crippen LogP) is -1.97. The first-order chi connectivity index (χ1) is 7.11. The average molecular weight is 221 g/mol. The minimum absolute atomic E-state index is 0.568. The van der Waals surface area contributed by atoms with Crippen molar-refractivity contribution < 1.29 is 30.0 Å². The molecule has 0 aromatic rings. The summed E-state index contributed by atoms with van der Waals surface area (Å²) in [7, 11) is 0. The fourth-order valence-electron chi connectivity index (χ4n) is 1.22. The molecule has 1 fully saturated rings. The van der Waals surface area contributed by atoms with E-state index in [1.165, 1.54) is 0 Å². The summed E-state index contributed by atoms with van der Waals surface area (Å²) in [6, 6.07) is 0. The molecule has 0 aliphatic carbocycles. The van der Waals surface area contributed by atoms with E-state index >= 15 is 0 Å². The Hall–Kier alpha value is -1.09. The molecule has 1 aliphatic rings. The van der Waals surface area contributed by atoms with Crippen LogP contribution >= 0.6 is 0 Å². The van der Waals surface area contributed by atoms with Crippen LogP contribution in [0.25, 0.3) is 10.4 Å². The summed E-state index contributed by atoms with van der Waals surface area (Å²) >= 11 is 0. The Bertz CT molecular complexity index is 255. The second-order valence-corrected chi connectivity index (χ2v) is 2.97. The van der Waals surface area contributed by atoms with Crippen molar-refractivity contribution in [3.05, 3.63) is 10.4 Å². The Morgan fingerprint density at radius 1 is 1.27 bits per heavy atom. The average Bonchev–Trinajstić information content (AvgIpc) is 2.25. The maximum atomic E-state index is 9.32. The zero-order chi connectivity index (χ0) is 11.4. The third-order valence-electron chi connectivity index (χ3n) is 2.04. The number of hydrogen-bond acceptors (Lipinski definition) is 7. The van der Waals surface area contributed by atoms with Gasteiger partial charge in [-0.2, -0.15) is 0 Å². The molecular formula is C6H11N3O6. The van der Waals surface area contributed by atoms with Crippen molar-refractivity contribution in [1.29, 1.82) is 0 Å². The molecule has 0 bridgehead atoms. The maximum absolute atomic E-state index is 9.32. The third kappa shape index (κ3) is 2.48. The van der Waals surface area contributed by atoms with Gasteiger partial charge in [-0.15, -0.1) is 0 Å². The Labute approximate surface area is 84.0 Å². The molecule has 1 unspecified atom stereocenters. The lowest BCUT2D eigenvalue weighted by Gasteiger charge is -2.38. The van der Waals surface area contributed by atoms with Crippen LogP contribution in [-0.2, 0) is 9.57 Å². The van der Waals surface area contributed by atoms with Crippen molar-refractivity contribution in [2.75, 3.05) is 6.61 Å². The summed E-state index contributed by atoms with van der Waals surface area (Å²) in [6.07, 6.45) is -7.07.